The minimum Gasteiger partial charge on any atom is -0.345 e. The number of fused-ring (bicyclic) bond motifs is 1. The summed E-state index contributed by atoms with van der Waals surface area (Å²) in [7, 11) is 0. The molecule has 0 radical (unpaired) electrons. The van der Waals surface area contributed by atoms with Gasteiger partial charge in [0.05, 0.1) is 16.8 Å². The summed E-state index contributed by atoms with van der Waals surface area (Å²) >= 11 is 1.78. The first-order valence-electron chi connectivity index (χ1n) is 8.41. The summed E-state index contributed by atoms with van der Waals surface area (Å²) in [5, 5.41) is 13.2. The standard InChI is InChI=1S/C16H21N7S/c1-2-7-23-15(18-19-20-23)12-21-8-10-22(11-9-21)16-17-13-5-3-4-6-14(13)24-16/h3-6H,2,7-12H2,1H3. The van der Waals surface area contributed by atoms with E-state index in [4.69, 9.17) is 4.98 Å². The fourth-order valence-electron chi connectivity index (χ4n) is 3.01. The van der Waals surface area contributed by atoms with E-state index in [1.165, 1.54) is 4.70 Å². The van der Waals surface area contributed by atoms with Gasteiger partial charge in [-0.25, -0.2) is 9.67 Å². The zero-order valence-corrected chi connectivity index (χ0v) is 14.6. The Labute approximate surface area is 144 Å². The lowest BCUT2D eigenvalue weighted by Crippen LogP contribution is -2.46. The van der Waals surface area contributed by atoms with Crippen molar-refractivity contribution in [3.05, 3.63) is 30.1 Å². The van der Waals surface area contributed by atoms with Crippen molar-refractivity contribution >= 4 is 26.7 Å². The lowest BCUT2D eigenvalue weighted by atomic mass is 10.3. The number of aryl methyl sites for hydroxylation is 1. The quantitative estimate of drug-likeness (QED) is 0.706. The molecule has 0 N–H and O–H groups in total. The van der Waals surface area contributed by atoms with Gasteiger partial charge in [-0.05, 0) is 29.0 Å². The average molecular weight is 343 g/mol. The maximum Gasteiger partial charge on any atom is 0.186 e. The Morgan fingerprint density at radius 3 is 2.75 bits per heavy atom. The van der Waals surface area contributed by atoms with Gasteiger partial charge >= 0.3 is 0 Å². The Morgan fingerprint density at radius 1 is 1.12 bits per heavy atom. The molecule has 7 nitrogen and oxygen atoms in total. The molecule has 1 aromatic carbocycles. The minimum absolute atomic E-state index is 0.820. The van der Waals surface area contributed by atoms with Gasteiger partial charge in [0.25, 0.3) is 0 Å². The van der Waals surface area contributed by atoms with Gasteiger partial charge in [-0.3, -0.25) is 4.90 Å². The normalized spacial score (nSPS) is 16.1. The maximum absolute atomic E-state index is 4.77. The lowest BCUT2D eigenvalue weighted by molar-refractivity contribution is 0.239. The predicted molar refractivity (Wildman–Crippen MR) is 95.2 cm³/mol. The minimum atomic E-state index is 0.820. The van der Waals surface area contributed by atoms with E-state index >= 15 is 0 Å². The molecular weight excluding hydrogens is 322 g/mol. The molecular formula is C16H21N7S. The number of tetrazole rings is 1. The second-order valence-electron chi connectivity index (χ2n) is 6.05. The third kappa shape index (κ3) is 3.11. The summed E-state index contributed by atoms with van der Waals surface area (Å²) < 4.78 is 3.17. The molecule has 1 fully saturated rings. The highest BCUT2D eigenvalue weighted by atomic mass is 32.1. The molecule has 3 aromatic rings. The molecule has 1 aliphatic heterocycles. The first kappa shape index (κ1) is 15.5. The molecule has 1 saturated heterocycles. The Hall–Kier alpha value is -2.06. The number of nitrogens with zero attached hydrogens (tertiary/aromatic N) is 7. The van der Waals surface area contributed by atoms with Gasteiger partial charge in [0, 0.05) is 32.7 Å². The monoisotopic (exact) mass is 343 g/mol. The second-order valence-corrected chi connectivity index (χ2v) is 7.05. The number of piperazine rings is 1. The Bertz CT molecular complexity index is 770. The van der Waals surface area contributed by atoms with Crippen molar-refractivity contribution in [3.8, 4) is 0 Å². The molecule has 0 aliphatic carbocycles. The van der Waals surface area contributed by atoms with Gasteiger partial charge in [0.1, 0.15) is 0 Å². The number of rotatable bonds is 5. The van der Waals surface area contributed by atoms with Crippen molar-refractivity contribution in [2.24, 2.45) is 0 Å². The number of para-hydroxylation sites is 1. The molecule has 24 heavy (non-hydrogen) atoms. The molecule has 126 valence electrons. The maximum atomic E-state index is 4.77. The van der Waals surface area contributed by atoms with E-state index in [9.17, 15) is 0 Å². The smallest absolute Gasteiger partial charge is 0.186 e. The molecule has 0 unspecified atom stereocenters. The van der Waals surface area contributed by atoms with Crippen LogP contribution in [0.2, 0.25) is 0 Å². The van der Waals surface area contributed by atoms with Crippen molar-refractivity contribution in [1.82, 2.24) is 30.1 Å². The van der Waals surface area contributed by atoms with Crippen LogP contribution in [-0.4, -0.2) is 56.3 Å². The third-order valence-corrected chi connectivity index (χ3v) is 5.43. The van der Waals surface area contributed by atoms with Gasteiger partial charge in [-0.15, -0.1) is 5.10 Å². The van der Waals surface area contributed by atoms with E-state index in [-0.39, 0.29) is 0 Å². The first-order valence-corrected chi connectivity index (χ1v) is 9.23. The van der Waals surface area contributed by atoms with Crippen LogP contribution in [0.5, 0.6) is 0 Å². The highest BCUT2D eigenvalue weighted by Gasteiger charge is 2.21. The van der Waals surface area contributed by atoms with Crippen molar-refractivity contribution in [3.63, 3.8) is 0 Å². The van der Waals surface area contributed by atoms with Gasteiger partial charge in [0.2, 0.25) is 0 Å². The Kier molecular flexibility index (Phi) is 4.40. The topological polar surface area (TPSA) is 63.0 Å². The van der Waals surface area contributed by atoms with Crippen LogP contribution in [0.4, 0.5) is 5.13 Å². The van der Waals surface area contributed by atoms with Gasteiger partial charge < -0.3 is 4.90 Å². The molecule has 4 rings (SSSR count). The van der Waals surface area contributed by atoms with Crippen LogP contribution in [0.1, 0.15) is 19.2 Å². The van der Waals surface area contributed by atoms with Crippen molar-refractivity contribution in [2.45, 2.75) is 26.4 Å². The highest BCUT2D eigenvalue weighted by Crippen LogP contribution is 2.29. The number of thiazole rings is 1. The Balaban J connectivity index is 1.38. The zero-order chi connectivity index (χ0) is 16.4. The van der Waals surface area contributed by atoms with Crippen LogP contribution >= 0.6 is 11.3 Å². The van der Waals surface area contributed by atoms with E-state index in [0.717, 1.165) is 62.2 Å². The number of benzene rings is 1. The summed E-state index contributed by atoms with van der Waals surface area (Å²) in [6.45, 7) is 7.85. The van der Waals surface area contributed by atoms with Crippen LogP contribution < -0.4 is 4.90 Å². The number of hydrogen-bond donors (Lipinski definition) is 0. The van der Waals surface area contributed by atoms with Gasteiger partial charge in [0.15, 0.2) is 11.0 Å². The average Bonchev–Trinajstić information content (AvgIpc) is 3.23. The SMILES string of the molecule is CCCn1nnnc1CN1CCN(c2nc3ccccc3s2)CC1. The van der Waals surface area contributed by atoms with Crippen LogP contribution in [0.3, 0.4) is 0 Å². The second kappa shape index (κ2) is 6.82. The molecule has 0 saturated carbocycles. The summed E-state index contributed by atoms with van der Waals surface area (Å²) in [6, 6.07) is 8.34. The van der Waals surface area contributed by atoms with Gasteiger partial charge in [-0.2, -0.15) is 0 Å². The fourth-order valence-corrected chi connectivity index (χ4v) is 4.03. The summed E-state index contributed by atoms with van der Waals surface area (Å²) in [6.07, 6.45) is 1.05. The molecule has 2 aromatic heterocycles. The molecule has 0 atom stereocenters. The summed E-state index contributed by atoms with van der Waals surface area (Å²) in [4.78, 5) is 9.57. The molecule has 1 aliphatic rings. The molecule has 3 heterocycles. The number of aromatic nitrogens is 5. The molecule has 8 heteroatoms. The summed E-state index contributed by atoms with van der Waals surface area (Å²) in [5.41, 5.74) is 1.10. The third-order valence-electron chi connectivity index (χ3n) is 4.33. The van der Waals surface area contributed by atoms with Crippen molar-refractivity contribution in [1.29, 1.82) is 0 Å². The van der Waals surface area contributed by atoms with Crippen LogP contribution in [0, 0.1) is 0 Å². The molecule has 0 spiro atoms. The number of anilines is 1. The molecule has 0 bridgehead atoms. The van der Waals surface area contributed by atoms with Crippen molar-refractivity contribution in [2.75, 3.05) is 31.1 Å². The number of hydrogen-bond acceptors (Lipinski definition) is 7. The predicted octanol–water partition coefficient (Wildman–Crippen LogP) is 2.01. The van der Waals surface area contributed by atoms with E-state index in [1.54, 1.807) is 11.3 Å². The highest BCUT2D eigenvalue weighted by molar-refractivity contribution is 7.22. The summed E-state index contributed by atoms with van der Waals surface area (Å²) in [5.74, 6) is 0.963. The van der Waals surface area contributed by atoms with Crippen molar-refractivity contribution < 1.29 is 0 Å². The largest absolute Gasteiger partial charge is 0.345 e. The van der Waals surface area contributed by atoms with Crippen LogP contribution in [0.15, 0.2) is 24.3 Å². The molecule has 0 amide bonds. The zero-order valence-electron chi connectivity index (χ0n) is 13.8. The first-order chi connectivity index (χ1) is 11.8. The fraction of sp³-hybridized carbons (Fsp3) is 0.500. The lowest BCUT2D eigenvalue weighted by Gasteiger charge is -2.34. The van der Waals surface area contributed by atoms with E-state index in [1.807, 2.05) is 10.7 Å². The van der Waals surface area contributed by atoms with Crippen LogP contribution in [0.25, 0.3) is 10.2 Å². The van der Waals surface area contributed by atoms with E-state index in [2.05, 4.69) is 50.4 Å². The van der Waals surface area contributed by atoms with E-state index in [0.29, 0.717) is 0 Å². The Morgan fingerprint density at radius 2 is 1.96 bits per heavy atom. The van der Waals surface area contributed by atoms with E-state index < -0.39 is 0 Å². The van der Waals surface area contributed by atoms with Crippen LogP contribution in [-0.2, 0) is 13.1 Å². The van der Waals surface area contributed by atoms with Gasteiger partial charge in [-0.1, -0.05) is 30.4 Å².